The van der Waals surface area contributed by atoms with Gasteiger partial charge in [-0.15, -0.1) is 0 Å². The van der Waals surface area contributed by atoms with Crippen LogP contribution in [0.1, 0.15) is 19.8 Å². The second kappa shape index (κ2) is 4.94. The molecule has 0 aliphatic carbocycles. The van der Waals surface area contributed by atoms with Gasteiger partial charge in [0, 0.05) is 6.54 Å². The number of morpholine rings is 1. The van der Waals surface area contributed by atoms with E-state index in [9.17, 15) is 4.79 Å². The van der Waals surface area contributed by atoms with Crippen LogP contribution in [0.3, 0.4) is 0 Å². The van der Waals surface area contributed by atoms with Crippen molar-refractivity contribution in [2.75, 3.05) is 32.8 Å². The summed E-state index contributed by atoms with van der Waals surface area (Å²) < 4.78 is 5.21. The molecule has 0 radical (unpaired) electrons. The Morgan fingerprint density at radius 3 is 3.13 bits per heavy atom. The van der Waals surface area contributed by atoms with Gasteiger partial charge in [-0.2, -0.15) is 0 Å². The number of nitrogens with one attached hydrogen (secondary N) is 1. The smallest absolute Gasteiger partial charge is 0.248 e. The molecule has 4 heteroatoms. The third kappa shape index (κ3) is 2.69. The van der Waals surface area contributed by atoms with Crippen molar-refractivity contribution >= 4 is 5.91 Å². The minimum atomic E-state index is 0.152. The predicted octanol–water partition coefficient (Wildman–Crippen LogP) is 0.233. The van der Waals surface area contributed by atoms with E-state index in [1.54, 1.807) is 0 Å². The maximum atomic E-state index is 11.7. The van der Waals surface area contributed by atoms with Crippen molar-refractivity contribution in [1.29, 1.82) is 0 Å². The van der Waals surface area contributed by atoms with Crippen LogP contribution in [0, 0.1) is 5.92 Å². The first kappa shape index (κ1) is 10.9. The van der Waals surface area contributed by atoms with Crippen LogP contribution in [0.5, 0.6) is 0 Å². The Balaban J connectivity index is 1.87. The van der Waals surface area contributed by atoms with Gasteiger partial charge in [0.05, 0.1) is 12.6 Å². The summed E-state index contributed by atoms with van der Waals surface area (Å²) in [5.41, 5.74) is 0. The molecule has 0 bridgehead atoms. The second-order valence-electron chi connectivity index (χ2n) is 4.62. The minimum absolute atomic E-state index is 0.152. The van der Waals surface area contributed by atoms with Crippen LogP contribution >= 0.6 is 0 Å². The van der Waals surface area contributed by atoms with Gasteiger partial charge >= 0.3 is 0 Å². The van der Waals surface area contributed by atoms with E-state index in [0.29, 0.717) is 12.5 Å². The molecule has 2 unspecified atom stereocenters. The minimum Gasteiger partial charge on any atom is -0.370 e. The number of ether oxygens (including phenoxy) is 1. The zero-order valence-corrected chi connectivity index (χ0v) is 9.37. The summed E-state index contributed by atoms with van der Waals surface area (Å²) in [4.78, 5) is 13.6. The van der Waals surface area contributed by atoms with Crippen LogP contribution in [-0.4, -0.2) is 49.7 Å². The molecule has 0 saturated carbocycles. The van der Waals surface area contributed by atoms with Gasteiger partial charge in [0.15, 0.2) is 0 Å². The Labute approximate surface area is 91.0 Å². The average molecular weight is 212 g/mol. The van der Waals surface area contributed by atoms with Crippen LogP contribution < -0.4 is 5.32 Å². The lowest BCUT2D eigenvalue weighted by atomic mass is 9.98. The predicted molar refractivity (Wildman–Crippen MR) is 57.6 cm³/mol. The van der Waals surface area contributed by atoms with Gasteiger partial charge in [-0.05, 0) is 38.8 Å². The molecule has 0 aromatic rings. The van der Waals surface area contributed by atoms with Crippen LogP contribution in [0.25, 0.3) is 0 Å². The monoisotopic (exact) mass is 212 g/mol. The number of hydrogen-bond donors (Lipinski definition) is 1. The average Bonchev–Trinajstić information content (AvgIpc) is 2.25. The third-order valence-electron chi connectivity index (χ3n) is 3.29. The Kier molecular flexibility index (Phi) is 3.59. The topological polar surface area (TPSA) is 41.6 Å². The molecule has 0 aromatic carbocycles. The van der Waals surface area contributed by atoms with E-state index in [2.05, 4.69) is 12.2 Å². The molecule has 4 nitrogen and oxygen atoms in total. The van der Waals surface area contributed by atoms with E-state index in [0.717, 1.165) is 19.6 Å². The van der Waals surface area contributed by atoms with Crippen molar-refractivity contribution in [3.05, 3.63) is 0 Å². The zero-order valence-electron chi connectivity index (χ0n) is 9.37. The number of rotatable bonds is 2. The highest BCUT2D eigenvalue weighted by atomic mass is 16.5. The third-order valence-corrected chi connectivity index (χ3v) is 3.29. The summed E-state index contributed by atoms with van der Waals surface area (Å²) in [6, 6.07) is 0.244. The Hall–Kier alpha value is -0.610. The van der Waals surface area contributed by atoms with Crippen LogP contribution in [0.4, 0.5) is 0 Å². The second-order valence-corrected chi connectivity index (χ2v) is 4.62. The maximum absolute atomic E-state index is 11.7. The lowest BCUT2D eigenvalue weighted by molar-refractivity contribution is -0.148. The van der Waals surface area contributed by atoms with Gasteiger partial charge in [0.1, 0.15) is 6.61 Å². The zero-order chi connectivity index (χ0) is 10.7. The summed E-state index contributed by atoms with van der Waals surface area (Å²) >= 11 is 0. The maximum Gasteiger partial charge on any atom is 0.248 e. The SMILES string of the molecule is CC1COCC(=O)N1CC1CCCNC1. The van der Waals surface area contributed by atoms with E-state index < -0.39 is 0 Å². The molecule has 2 aliphatic rings. The lowest BCUT2D eigenvalue weighted by Crippen LogP contribution is -2.51. The molecule has 86 valence electrons. The normalized spacial score (nSPS) is 33.1. The van der Waals surface area contributed by atoms with E-state index >= 15 is 0 Å². The summed E-state index contributed by atoms with van der Waals surface area (Å²) in [5.74, 6) is 0.780. The van der Waals surface area contributed by atoms with Crippen LogP contribution in [0.2, 0.25) is 0 Å². The van der Waals surface area contributed by atoms with Crippen molar-refractivity contribution in [2.24, 2.45) is 5.92 Å². The first-order valence-corrected chi connectivity index (χ1v) is 5.85. The number of nitrogens with zero attached hydrogens (tertiary/aromatic N) is 1. The molecular formula is C11H20N2O2. The summed E-state index contributed by atoms with van der Waals surface area (Å²) in [6.45, 7) is 6.10. The van der Waals surface area contributed by atoms with Crippen molar-refractivity contribution in [3.8, 4) is 0 Å². The van der Waals surface area contributed by atoms with Gasteiger partial charge in [0.25, 0.3) is 0 Å². The fourth-order valence-electron chi connectivity index (χ4n) is 2.38. The molecule has 1 amide bonds. The van der Waals surface area contributed by atoms with Crippen LogP contribution in [-0.2, 0) is 9.53 Å². The molecule has 1 N–H and O–H groups in total. The van der Waals surface area contributed by atoms with Crippen molar-refractivity contribution in [1.82, 2.24) is 10.2 Å². The molecule has 2 heterocycles. The summed E-state index contributed by atoms with van der Waals surface area (Å²) in [7, 11) is 0. The van der Waals surface area contributed by atoms with Crippen molar-refractivity contribution < 1.29 is 9.53 Å². The van der Waals surface area contributed by atoms with Crippen LogP contribution in [0.15, 0.2) is 0 Å². The summed E-state index contributed by atoms with van der Waals surface area (Å²) in [6.07, 6.45) is 2.47. The number of carbonyl (C=O) groups is 1. The quantitative estimate of drug-likeness (QED) is 0.712. The summed E-state index contributed by atoms with van der Waals surface area (Å²) in [5, 5.41) is 3.38. The van der Waals surface area contributed by atoms with Gasteiger partial charge < -0.3 is 15.0 Å². The first-order valence-electron chi connectivity index (χ1n) is 5.85. The Morgan fingerprint density at radius 1 is 1.60 bits per heavy atom. The first-order chi connectivity index (χ1) is 7.27. The fourth-order valence-corrected chi connectivity index (χ4v) is 2.38. The fraction of sp³-hybridized carbons (Fsp3) is 0.909. The Morgan fingerprint density at radius 2 is 2.47 bits per heavy atom. The van der Waals surface area contributed by atoms with Gasteiger partial charge in [-0.1, -0.05) is 0 Å². The van der Waals surface area contributed by atoms with Gasteiger partial charge in [-0.3, -0.25) is 4.79 Å². The van der Waals surface area contributed by atoms with E-state index in [-0.39, 0.29) is 18.6 Å². The number of piperidine rings is 1. The highest BCUT2D eigenvalue weighted by Gasteiger charge is 2.28. The molecule has 2 fully saturated rings. The molecule has 2 aliphatic heterocycles. The highest BCUT2D eigenvalue weighted by Crippen LogP contribution is 2.15. The van der Waals surface area contributed by atoms with Gasteiger partial charge in [-0.25, -0.2) is 0 Å². The van der Waals surface area contributed by atoms with E-state index in [1.807, 2.05) is 4.90 Å². The molecule has 15 heavy (non-hydrogen) atoms. The standard InChI is InChI=1S/C11H20N2O2/c1-9-7-15-8-11(14)13(9)6-10-3-2-4-12-5-10/h9-10,12H,2-8H2,1H3. The molecule has 0 aromatic heterocycles. The number of carbonyl (C=O) groups excluding carboxylic acids is 1. The largest absolute Gasteiger partial charge is 0.370 e. The number of amides is 1. The molecule has 2 atom stereocenters. The molecule has 2 rings (SSSR count). The van der Waals surface area contributed by atoms with E-state index in [1.165, 1.54) is 12.8 Å². The van der Waals surface area contributed by atoms with Crippen molar-refractivity contribution in [2.45, 2.75) is 25.8 Å². The lowest BCUT2D eigenvalue weighted by Gasteiger charge is -2.37. The highest BCUT2D eigenvalue weighted by molar-refractivity contribution is 5.78. The molecule has 2 saturated heterocycles. The molecular weight excluding hydrogens is 192 g/mol. The number of hydrogen-bond acceptors (Lipinski definition) is 3. The molecule has 0 spiro atoms. The van der Waals surface area contributed by atoms with E-state index in [4.69, 9.17) is 4.74 Å². The van der Waals surface area contributed by atoms with Gasteiger partial charge in [0.2, 0.25) is 5.91 Å². The Bertz CT molecular complexity index is 227. The van der Waals surface area contributed by atoms with Crippen molar-refractivity contribution in [3.63, 3.8) is 0 Å².